The minimum Gasteiger partial charge on any atom is -0.397 e. The molecule has 0 aliphatic rings. The van der Waals surface area contributed by atoms with E-state index in [0.29, 0.717) is 48.2 Å². The maximum absolute atomic E-state index is 6.12. The van der Waals surface area contributed by atoms with Crippen LogP contribution in [-0.4, -0.2) is 9.97 Å². The monoisotopic (exact) mass is 345 g/mol. The number of halogens is 4. The van der Waals surface area contributed by atoms with Crippen molar-refractivity contribution in [1.29, 1.82) is 0 Å². The molecule has 0 aliphatic heterocycles. The van der Waals surface area contributed by atoms with Gasteiger partial charge in [0.1, 0.15) is 11.3 Å². The van der Waals surface area contributed by atoms with E-state index in [2.05, 4.69) is 9.97 Å². The smallest absolute Gasteiger partial charge is 0.140 e. The molecule has 1 aromatic heterocycles. The highest BCUT2D eigenvalue weighted by molar-refractivity contribution is 6.39. The van der Waals surface area contributed by atoms with Gasteiger partial charge in [0.2, 0.25) is 0 Å². The van der Waals surface area contributed by atoms with Gasteiger partial charge in [-0.25, -0.2) is 4.98 Å². The lowest BCUT2D eigenvalue weighted by atomic mass is 10.1. The molecule has 3 aromatic rings. The van der Waals surface area contributed by atoms with Gasteiger partial charge in [0, 0.05) is 10.6 Å². The molecule has 0 bridgehead atoms. The lowest BCUT2D eigenvalue weighted by Crippen LogP contribution is -1.92. The van der Waals surface area contributed by atoms with E-state index in [1.807, 2.05) is 0 Å². The van der Waals surface area contributed by atoms with Crippen molar-refractivity contribution in [2.24, 2.45) is 0 Å². The van der Waals surface area contributed by atoms with Crippen LogP contribution in [0.3, 0.4) is 0 Å². The van der Waals surface area contributed by atoms with E-state index in [9.17, 15) is 0 Å². The van der Waals surface area contributed by atoms with E-state index >= 15 is 0 Å². The van der Waals surface area contributed by atoms with Gasteiger partial charge >= 0.3 is 0 Å². The summed E-state index contributed by atoms with van der Waals surface area (Å²) in [5, 5.41) is 1.86. The molecule has 102 valence electrons. The number of H-pyrrole nitrogens is 1. The Kier molecular flexibility index (Phi) is 3.46. The van der Waals surface area contributed by atoms with E-state index in [-0.39, 0.29) is 0 Å². The standard InChI is InChI=1S/C13H7Cl4N3/c14-5-3-6(10(18)9(17)4-5)13-19-11-7(15)1-2-8(16)12(11)20-13/h1-4H,18H2,(H,19,20). The van der Waals surface area contributed by atoms with Gasteiger partial charge in [-0.15, -0.1) is 0 Å². The average molecular weight is 347 g/mol. The van der Waals surface area contributed by atoms with Crippen LogP contribution in [0, 0.1) is 0 Å². The number of nitrogen functional groups attached to an aromatic ring is 1. The number of aromatic amines is 1. The van der Waals surface area contributed by atoms with Crippen LogP contribution in [0.15, 0.2) is 24.3 Å². The number of nitrogens with two attached hydrogens (primary N) is 1. The maximum atomic E-state index is 6.12. The Bertz CT molecular complexity index is 787. The molecule has 1 heterocycles. The third-order valence-electron chi connectivity index (χ3n) is 2.89. The molecule has 20 heavy (non-hydrogen) atoms. The first-order valence-electron chi connectivity index (χ1n) is 5.56. The molecule has 3 N–H and O–H groups in total. The summed E-state index contributed by atoms with van der Waals surface area (Å²) in [5.41, 5.74) is 8.18. The topological polar surface area (TPSA) is 54.7 Å². The summed E-state index contributed by atoms with van der Waals surface area (Å²) in [4.78, 5) is 7.51. The van der Waals surface area contributed by atoms with Crippen molar-refractivity contribution < 1.29 is 0 Å². The number of nitrogens with zero attached hydrogens (tertiary/aromatic N) is 1. The van der Waals surface area contributed by atoms with E-state index in [0.717, 1.165) is 0 Å². The van der Waals surface area contributed by atoms with E-state index in [4.69, 9.17) is 52.1 Å². The molecule has 0 amide bonds. The molecule has 0 spiro atoms. The fourth-order valence-electron chi connectivity index (χ4n) is 1.94. The van der Waals surface area contributed by atoms with Gasteiger partial charge in [-0.1, -0.05) is 46.4 Å². The van der Waals surface area contributed by atoms with E-state index < -0.39 is 0 Å². The van der Waals surface area contributed by atoms with Crippen molar-refractivity contribution in [2.45, 2.75) is 0 Å². The lowest BCUT2D eigenvalue weighted by molar-refractivity contribution is 1.34. The highest BCUT2D eigenvalue weighted by Gasteiger charge is 2.15. The van der Waals surface area contributed by atoms with Crippen LogP contribution in [0.4, 0.5) is 5.69 Å². The summed E-state index contributed by atoms with van der Waals surface area (Å²) < 4.78 is 0. The molecule has 3 rings (SSSR count). The van der Waals surface area contributed by atoms with Crippen molar-refractivity contribution >= 4 is 63.1 Å². The second-order valence-electron chi connectivity index (χ2n) is 4.19. The summed E-state index contributed by atoms with van der Waals surface area (Å²) in [7, 11) is 0. The van der Waals surface area contributed by atoms with E-state index in [1.54, 1.807) is 24.3 Å². The molecule has 0 atom stereocenters. The van der Waals surface area contributed by atoms with Crippen LogP contribution in [0.2, 0.25) is 20.1 Å². The summed E-state index contributed by atoms with van der Waals surface area (Å²) in [6, 6.07) is 6.64. The Labute approximate surface area is 134 Å². The molecule has 0 unspecified atom stereocenters. The predicted octanol–water partition coefficient (Wildman–Crippen LogP) is 5.43. The largest absolute Gasteiger partial charge is 0.397 e. The number of rotatable bonds is 1. The van der Waals surface area contributed by atoms with Crippen molar-refractivity contribution in [3.8, 4) is 11.4 Å². The van der Waals surface area contributed by atoms with Gasteiger partial charge in [0.25, 0.3) is 0 Å². The normalized spacial score (nSPS) is 11.2. The number of benzene rings is 2. The van der Waals surface area contributed by atoms with Crippen molar-refractivity contribution in [1.82, 2.24) is 9.97 Å². The van der Waals surface area contributed by atoms with Crippen LogP contribution in [0.25, 0.3) is 22.4 Å². The fourth-order valence-corrected chi connectivity index (χ4v) is 2.83. The zero-order valence-electron chi connectivity index (χ0n) is 9.85. The summed E-state index contributed by atoms with van der Waals surface area (Å²) in [6.45, 7) is 0. The number of anilines is 1. The molecule has 0 saturated heterocycles. The van der Waals surface area contributed by atoms with E-state index in [1.165, 1.54) is 0 Å². The minimum absolute atomic E-state index is 0.366. The van der Waals surface area contributed by atoms with Crippen LogP contribution in [-0.2, 0) is 0 Å². The van der Waals surface area contributed by atoms with Crippen LogP contribution >= 0.6 is 46.4 Å². The molecule has 0 aliphatic carbocycles. The highest BCUT2D eigenvalue weighted by atomic mass is 35.5. The second-order valence-corrected chi connectivity index (χ2v) is 5.85. The first kappa shape index (κ1) is 13.8. The van der Waals surface area contributed by atoms with Gasteiger partial charge in [0.15, 0.2) is 0 Å². The Morgan fingerprint density at radius 2 is 1.65 bits per heavy atom. The summed E-state index contributed by atoms with van der Waals surface area (Å²) in [5.74, 6) is 0.511. The molecule has 0 saturated carbocycles. The Hall–Kier alpha value is -1.13. The third kappa shape index (κ3) is 2.21. The van der Waals surface area contributed by atoms with Crippen molar-refractivity contribution in [3.63, 3.8) is 0 Å². The molecule has 7 heteroatoms. The molecule has 0 fully saturated rings. The summed E-state index contributed by atoms with van der Waals surface area (Å²) in [6.07, 6.45) is 0. The predicted molar refractivity (Wildman–Crippen MR) is 86.0 cm³/mol. The quantitative estimate of drug-likeness (QED) is 0.577. The Morgan fingerprint density at radius 1 is 0.950 bits per heavy atom. The van der Waals surface area contributed by atoms with Crippen LogP contribution < -0.4 is 5.73 Å². The number of hydrogen-bond acceptors (Lipinski definition) is 2. The average Bonchev–Trinajstić information content (AvgIpc) is 2.84. The summed E-state index contributed by atoms with van der Waals surface area (Å²) >= 11 is 24.3. The zero-order chi connectivity index (χ0) is 14.4. The van der Waals surface area contributed by atoms with Gasteiger partial charge in [-0.2, -0.15) is 0 Å². The lowest BCUT2D eigenvalue weighted by Gasteiger charge is -2.05. The number of aromatic nitrogens is 2. The molecule has 3 nitrogen and oxygen atoms in total. The van der Waals surface area contributed by atoms with Gasteiger partial charge in [-0.3, -0.25) is 0 Å². The fraction of sp³-hybridized carbons (Fsp3) is 0. The third-order valence-corrected chi connectivity index (χ3v) is 4.05. The first-order chi connectivity index (χ1) is 9.47. The Balaban J connectivity index is 2.31. The first-order valence-corrected chi connectivity index (χ1v) is 7.07. The molecule has 0 radical (unpaired) electrons. The number of fused-ring (bicyclic) bond motifs is 1. The molecular weight excluding hydrogens is 340 g/mol. The zero-order valence-corrected chi connectivity index (χ0v) is 12.9. The van der Waals surface area contributed by atoms with Crippen LogP contribution in [0.5, 0.6) is 0 Å². The van der Waals surface area contributed by atoms with Gasteiger partial charge in [0.05, 0.1) is 26.3 Å². The number of imidazole rings is 1. The number of hydrogen-bond donors (Lipinski definition) is 2. The van der Waals surface area contributed by atoms with Crippen molar-refractivity contribution in [3.05, 3.63) is 44.4 Å². The number of nitrogens with one attached hydrogen (secondary N) is 1. The second kappa shape index (κ2) is 5.01. The Morgan fingerprint density at radius 3 is 2.35 bits per heavy atom. The molecule has 2 aromatic carbocycles. The van der Waals surface area contributed by atoms with Gasteiger partial charge < -0.3 is 10.7 Å². The molecular formula is C13H7Cl4N3. The van der Waals surface area contributed by atoms with Crippen LogP contribution in [0.1, 0.15) is 0 Å². The minimum atomic E-state index is 0.366. The SMILES string of the molecule is Nc1c(Cl)cc(Cl)cc1-c1nc2c(Cl)ccc(Cl)c2[nH]1. The maximum Gasteiger partial charge on any atom is 0.140 e. The van der Waals surface area contributed by atoms with Crippen molar-refractivity contribution in [2.75, 3.05) is 5.73 Å². The van der Waals surface area contributed by atoms with Gasteiger partial charge in [-0.05, 0) is 24.3 Å². The highest BCUT2D eigenvalue weighted by Crippen LogP contribution is 2.36.